The van der Waals surface area contributed by atoms with Crippen molar-refractivity contribution in [3.8, 4) is 6.07 Å². The third kappa shape index (κ3) is 3.95. The molecule has 4 nitrogen and oxygen atoms in total. The highest BCUT2D eigenvalue weighted by molar-refractivity contribution is 5.20. The first-order valence-corrected chi connectivity index (χ1v) is 6.69. The number of furan rings is 1. The van der Waals surface area contributed by atoms with Crippen LogP contribution in [0.25, 0.3) is 0 Å². The number of hydrogen-bond donors (Lipinski definition) is 2. The Hall–Kier alpha value is -2.09. The van der Waals surface area contributed by atoms with Crippen molar-refractivity contribution < 1.29 is 9.52 Å². The minimum Gasteiger partial charge on any atom is -0.449 e. The summed E-state index contributed by atoms with van der Waals surface area (Å²) in [5.41, 5.74) is 1.21. The number of nitrogens with one attached hydrogen (secondary N) is 1. The van der Waals surface area contributed by atoms with E-state index in [0.717, 1.165) is 18.7 Å². The molecule has 1 aromatic carbocycles. The number of aliphatic hydroxyl groups excluding tert-OH is 1. The molecule has 1 unspecified atom stereocenters. The maximum atomic E-state index is 9.17. The van der Waals surface area contributed by atoms with E-state index in [-0.39, 0.29) is 12.5 Å². The zero-order valence-corrected chi connectivity index (χ0v) is 11.2. The molecule has 20 heavy (non-hydrogen) atoms. The molecule has 1 heterocycles. The van der Waals surface area contributed by atoms with E-state index >= 15 is 0 Å². The molecule has 4 heteroatoms. The maximum absolute atomic E-state index is 9.17. The molecule has 2 rings (SSSR count). The van der Waals surface area contributed by atoms with Gasteiger partial charge in [-0.15, -0.1) is 0 Å². The van der Waals surface area contributed by atoms with E-state index in [4.69, 9.17) is 14.8 Å². The molecule has 0 fully saturated rings. The normalized spacial score (nSPS) is 12.0. The lowest BCUT2D eigenvalue weighted by atomic mass is 9.96. The van der Waals surface area contributed by atoms with Crippen molar-refractivity contribution >= 4 is 0 Å². The molecule has 1 atom stereocenters. The van der Waals surface area contributed by atoms with Crippen molar-refractivity contribution in [3.05, 3.63) is 59.5 Å². The van der Waals surface area contributed by atoms with Gasteiger partial charge < -0.3 is 14.8 Å². The van der Waals surface area contributed by atoms with Crippen LogP contribution in [0.5, 0.6) is 0 Å². The van der Waals surface area contributed by atoms with Crippen LogP contribution in [-0.4, -0.2) is 18.3 Å². The van der Waals surface area contributed by atoms with E-state index in [1.807, 2.05) is 24.3 Å². The molecule has 0 aliphatic rings. The van der Waals surface area contributed by atoms with Crippen molar-refractivity contribution in [2.75, 3.05) is 13.2 Å². The van der Waals surface area contributed by atoms with Gasteiger partial charge in [0.15, 0.2) is 0 Å². The van der Waals surface area contributed by atoms with E-state index in [0.29, 0.717) is 12.3 Å². The van der Waals surface area contributed by atoms with Crippen LogP contribution < -0.4 is 5.32 Å². The predicted molar refractivity (Wildman–Crippen MR) is 76.0 cm³/mol. The number of benzene rings is 1. The molecule has 1 aromatic heterocycles. The Bertz CT molecular complexity index is 557. The Balaban J connectivity index is 1.88. The summed E-state index contributed by atoms with van der Waals surface area (Å²) in [6, 6.07) is 15.6. The smallest absolute Gasteiger partial charge is 0.203 e. The minimum absolute atomic E-state index is 0.167. The SMILES string of the molecule is N#Cc1ccc(CNCC(CCO)c2ccccc2)o1. The van der Waals surface area contributed by atoms with Crippen molar-refractivity contribution in [3.63, 3.8) is 0 Å². The Kier molecular flexibility index (Phi) is 5.36. The first-order chi connectivity index (χ1) is 9.83. The van der Waals surface area contributed by atoms with Gasteiger partial charge in [-0.3, -0.25) is 0 Å². The average molecular weight is 270 g/mol. The van der Waals surface area contributed by atoms with E-state index in [9.17, 15) is 0 Å². The van der Waals surface area contributed by atoms with Crippen LogP contribution in [0, 0.1) is 11.3 Å². The highest BCUT2D eigenvalue weighted by atomic mass is 16.3. The van der Waals surface area contributed by atoms with Crippen LogP contribution in [-0.2, 0) is 6.54 Å². The lowest BCUT2D eigenvalue weighted by Crippen LogP contribution is -2.21. The van der Waals surface area contributed by atoms with Gasteiger partial charge in [0.05, 0.1) is 6.54 Å². The fourth-order valence-electron chi connectivity index (χ4n) is 2.17. The Morgan fingerprint density at radius 1 is 1.20 bits per heavy atom. The van der Waals surface area contributed by atoms with Crippen molar-refractivity contribution in [2.45, 2.75) is 18.9 Å². The number of hydrogen-bond acceptors (Lipinski definition) is 4. The van der Waals surface area contributed by atoms with Crippen LogP contribution in [0.3, 0.4) is 0 Å². The summed E-state index contributed by atoms with van der Waals surface area (Å²) in [4.78, 5) is 0. The second-order valence-corrected chi connectivity index (χ2v) is 4.63. The quantitative estimate of drug-likeness (QED) is 0.810. The Morgan fingerprint density at radius 2 is 2.00 bits per heavy atom. The summed E-state index contributed by atoms with van der Waals surface area (Å²) in [7, 11) is 0. The second kappa shape index (κ2) is 7.49. The summed E-state index contributed by atoms with van der Waals surface area (Å²) in [6.07, 6.45) is 0.721. The number of aliphatic hydroxyl groups is 1. The van der Waals surface area contributed by atoms with Gasteiger partial charge >= 0.3 is 0 Å². The molecule has 104 valence electrons. The second-order valence-electron chi connectivity index (χ2n) is 4.63. The summed E-state index contributed by atoms with van der Waals surface area (Å²) >= 11 is 0. The van der Waals surface area contributed by atoms with Gasteiger partial charge in [-0.25, -0.2) is 0 Å². The number of rotatable bonds is 7. The fraction of sp³-hybridized carbons (Fsp3) is 0.312. The van der Waals surface area contributed by atoms with Crippen molar-refractivity contribution in [1.82, 2.24) is 5.32 Å². The molecule has 0 radical (unpaired) electrons. The molecule has 0 spiro atoms. The molecular weight excluding hydrogens is 252 g/mol. The van der Waals surface area contributed by atoms with Gasteiger partial charge in [-0.05, 0) is 30.0 Å². The zero-order chi connectivity index (χ0) is 14.2. The topological polar surface area (TPSA) is 69.2 Å². The van der Waals surface area contributed by atoms with Crippen molar-refractivity contribution in [2.24, 2.45) is 0 Å². The summed E-state index contributed by atoms with van der Waals surface area (Å²) in [5, 5.41) is 21.2. The Morgan fingerprint density at radius 3 is 2.65 bits per heavy atom. The molecule has 2 aromatic rings. The van der Waals surface area contributed by atoms with Gasteiger partial charge in [0.1, 0.15) is 11.8 Å². The summed E-state index contributed by atoms with van der Waals surface area (Å²) in [6.45, 7) is 1.50. The Labute approximate surface area is 118 Å². The average Bonchev–Trinajstić information content (AvgIpc) is 2.95. The first-order valence-electron chi connectivity index (χ1n) is 6.69. The van der Waals surface area contributed by atoms with Gasteiger partial charge in [-0.1, -0.05) is 30.3 Å². The van der Waals surface area contributed by atoms with Crippen LogP contribution in [0.2, 0.25) is 0 Å². The van der Waals surface area contributed by atoms with Crippen LogP contribution in [0.4, 0.5) is 0 Å². The molecule has 0 saturated heterocycles. The molecular formula is C16H18N2O2. The van der Waals surface area contributed by atoms with Gasteiger partial charge in [0, 0.05) is 13.2 Å². The van der Waals surface area contributed by atoms with E-state index in [1.54, 1.807) is 12.1 Å². The van der Waals surface area contributed by atoms with Gasteiger partial charge in [0.25, 0.3) is 0 Å². The van der Waals surface area contributed by atoms with Crippen molar-refractivity contribution in [1.29, 1.82) is 5.26 Å². The lowest BCUT2D eigenvalue weighted by Gasteiger charge is -2.16. The van der Waals surface area contributed by atoms with E-state index in [2.05, 4.69) is 17.4 Å². The van der Waals surface area contributed by atoms with Gasteiger partial charge in [-0.2, -0.15) is 5.26 Å². The monoisotopic (exact) mass is 270 g/mol. The number of nitriles is 1. The highest BCUT2D eigenvalue weighted by Crippen LogP contribution is 2.18. The van der Waals surface area contributed by atoms with E-state index in [1.165, 1.54) is 5.56 Å². The highest BCUT2D eigenvalue weighted by Gasteiger charge is 2.10. The fourth-order valence-corrected chi connectivity index (χ4v) is 2.17. The molecule has 0 saturated carbocycles. The van der Waals surface area contributed by atoms with Gasteiger partial charge in [0.2, 0.25) is 5.76 Å². The standard InChI is InChI=1S/C16H18N2O2/c17-10-15-6-7-16(20-15)12-18-11-14(8-9-19)13-4-2-1-3-5-13/h1-7,14,18-19H,8-9,11-12H2. The third-order valence-corrected chi connectivity index (χ3v) is 3.21. The maximum Gasteiger partial charge on any atom is 0.203 e. The molecule has 0 aliphatic carbocycles. The largest absolute Gasteiger partial charge is 0.449 e. The number of nitrogens with zero attached hydrogens (tertiary/aromatic N) is 1. The van der Waals surface area contributed by atoms with Crippen LogP contribution in [0.1, 0.15) is 29.4 Å². The molecule has 0 bridgehead atoms. The summed E-state index contributed by atoms with van der Waals surface area (Å²) < 4.78 is 5.31. The van der Waals surface area contributed by atoms with Crippen LogP contribution in [0.15, 0.2) is 46.9 Å². The third-order valence-electron chi connectivity index (χ3n) is 3.21. The summed E-state index contributed by atoms with van der Waals surface area (Å²) in [5.74, 6) is 1.35. The predicted octanol–water partition coefficient (Wildman–Crippen LogP) is 2.41. The van der Waals surface area contributed by atoms with E-state index < -0.39 is 0 Å². The zero-order valence-electron chi connectivity index (χ0n) is 11.2. The molecule has 0 aliphatic heterocycles. The lowest BCUT2D eigenvalue weighted by molar-refractivity contribution is 0.273. The van der Waals surface area contributed by atoms with Crippen LogP contribution >= 0.6 is 0 Å². The minimum atomic E-state index is 0.167. The first kappa shape index (κ1) is 14.3. The molecule has 2 N–H and O–H groups in total. The molecule has 0 amide bonds.